The van der Waals surface area contributed by atoms with Crippen molar-refractivity contribution in [2.24, 2.45) is 5.41 Å². The van der Waals surface area contributed by atoms with Gasteiger partial charge < -0.3 is 15.3 Å². The molecule has 0 saturated carbocycles. The SMILES string of the molecule is CCC1(C(=O)N2CCCCC2CCO)CCCNC1. The molecular weight excluding hydrogens is 240 g/mol. The van der Waals surface area contributed by atoms with Gasteiger partial charge in [0.1, 0.15) is 0 Å². The van der Waals surface area contributed by atoms with E-state index in [0.717, 1.165) is 58.2 Å². The normalized spacial score (nSPS) is 32.3. The number of rotatable bonds is 4. The van der Waals surface area contributed by atoms with Crippen LogP contribution < -0.4 is 5.32 Å². The van der Waals surface area contributed by atoms with Crippen molar-refractivity contribution in [3.63, 3.8) is 0 Å². The quantitative estimate of drug-likeness (QED) is 0.813. The molecule has 0 spiro atoms. The lowest BCUT2D eigenvalue weighted by molar-refractivity contribution is -0.147. The minimum atomic E-state index is -0.191. The lowest BCUT2D eigenvalue weighted by atomic mass is 9.76. The maximum Gasteiger partial charge on any atom is 0.230 e. The predicted octanol–water partition coefficient (Wildman–Crippen LogP) is 1.53. The van der Waals surface area contributed by atoms with Crippen LogP contribution in [0.3, 0.4) is 0 Å². The van der Waals surface area contributed by atoms with E-state index < -0.39 is 0 Å². The van der Waals surface area contributed by atoms with Crippen LogP contribution in [-0.4, -0.2) is 48.2 Å². The monoisotopic (exact) mass is 268 g/mol. The highest BCUT2D eigenvalue weighted by Gasteiger charge is 2.42. The van der Waals surface area contributed by atoms with Gasteiger partial charge in [0, 0.05) is 25.7 Å². The summed E-state index contributed by atoms with van der Waals surface area (Å²) in [5.41, 5.74) is -0.191. The average Bonchev–Trinajstić information content (AvgIpc) is 2.48. The fourth-order valence-corrected chi connectivity index (χ4v) is 3.63. The molecule has 2 rings (SSSR count). The Morgan fingerprint density at radius 1 is 1.42 bits per heavy atom. The van der Waals surface area contributed by atoms with Crippen molar-refractivity contribution in [3.8, 4) is 0 Å². The predicted molar refractivity (Wildman–Crippen MR) is 75.9 cm³/mol. The summed E-state index contributed by atoms with van der Waals surface area (Å²) in [6.07, 6.45) is 7.11. The Morgan fingerprint density at radius 3 is 2.89 bits per heavy atom. The molecule has 2 unspecified atom stereocenters. The maximum absolute atomic E-state index is 13.0. The number of carbonyl (C=O) groups excluding carboxylic acids is 1. The highest BCUT2D eigenvalue weighted by atomic mass is 16.3. The first kappa shape index (κ1) is 14.8. The van der Waals surface area contributed by atoms with E-state index >= 15 is 0 Å². The number of likely N-dealkylation sites (tertiary alicyclic amines) is 1. The number of hydrogen-bond donors (Lipinski definition) is 2. The van der Waals surface area contributed by atoms with Crippen molar-refractivity contribution in [1.82, 2.24) is 10.2 Å². The van der Waals surface area contributed by atoms with Gasteiger partial charge in [-0.25, -0.2) is 0 Å². The number of carbonyl (C=O) groups is 1. The Morgan fingerprint density at radius 2 is 2.26 bits per heavy atom. The second kappa shape index (κ2) is 6.71. The molecular formula is C15H28N2O2. The molecule has 2 N–H and O–H groups in total. The summed E-state index contributed by atoms with van der Waals surface area (Å²) < 4.78 is 0. The first-order valence-corrected chi connectivity index (χ1v) is 7.86. The van der Waals surface area contributed by atoms with Gasteiger partial charge in [-0.1, -0.05) is 6.92 Å². The molecule has 2 aliphatic heterocycles. The molecule has 1 amide bonds. The van der Waals surface area contributed by atoms with Crippen LogP contribution in [0.1, 0.15) is 51.9 Å². The second-order valence-corrected chi connectivity index (χ2v) is 6.07. The van der Waals surface area contributed by atoms with E-state index in [1.807, 2.05) is 0 Å². The van der Waals surface area contributed by atoms with Gasteiger partial charge in [0.05, 0.1) is 5.41 Å². The number of hydrogen-bond acceptors (Lipinski definition) is 3. The molecule has 0 radical (unpaired) electrons. The second-order valence-electron chi connectivity index (χ2n) is 6.07. The third-order valence-corrected chi connectivity index (χ3v) is 4.95. The number of nitrogens with one attached hydrogen (secondary N) is 1. The number of amides is 1. The van der Waals surface area contributed by atoms with Crippen LogP contribution in [0.15, 0.2) is 0 Å². The fraction of sp³-hybridized carbons (Fsp3) is 0.933. The Labute approximate surface area is 116 Å². The molecule has 0 aromatic carbocycles. The lowest BCUT2D eigenvalue weighted by Crippen LogP contribution is -2.55. The Kier molecular flexibility index (Phi) is 5.22. The number of piperidine rings is 2. The van der Waals surface area contributed by atoms with Crippen LogP contribution in [0, 0.1) is 5.41 Å². The third-order valence-electron chi connectivity index (χ3n) is 4.95. The highest BCUT2D eigenvalue weighted by molar-refractivity contribution is 5.83. The number of aliphatic hydroxyl groups is 1. The smallest absolute Gasteiger partial charge is 0.230 e. The molecule has 0 aromatic heterocycles. The topological polar surface area (TPSA) is 52.6 Å². The van der Waals surface area contributed by atoms with Gasteiger partial charge in [0.15, 0.2) is 0 Å². The molecule has 110 valence electrons. The van der Waals surface area contributed by atoms with Gasteiger partial charge in [0.2, 0.25) is 5.91 Å². The lowest BCUT2D eigenvalue weighted by Gasteiger charge is -2.44. The van der Waals surface area contributed by atoms with E-state index in [-0.39, 0.29) is 18.1 Å². The van der Waals surface area contributed by atoms with E-state index in [1.165, 1.54) is 6.42 Å². The first-order valence-electron chi connectivity index (χ1n) is 7.86. The maximum atomic E-state index is 13.0. The van der Waals surface area contributed by atoms with Crippen molar-refractivity contribution in [2.45, 2.75) is 57.9 Å². The van der Waals surface area contributed by atoms with Crippen LogP contribution in [0.2, 0.25) is 0 Å². The molecule has 0 bridgehead atoms. The zero-order valence-corrected chi connectivity index (χ0v) is 12.2. The summed E-state index contributed by atoms with van der Waals surface area (Å²) in [6.45, 7) is 5.06. The number of nitrogens with zero attached hydrogens (tertiary/aromatic N) is 1. The Balaban J connectivity index is 2.10. The minimum Gasteiger partial charge on any atom is -0.396 e. The first-order chi connectivity index (χ1) is 9.23. The van der Waals surface area contributed by atoms with Crippen molar-refractivity contribution in [3.05, 3.63) is 0 Å². The van der Waals surface area contributed by atoms with Crippen LogP contribution in [0.4, 0.5) is 0 Å². The minimum absolute atomic E-state index is 0.186. The van der Waals surface area contributed by atoms with Gasteiger partial charge in [-0.15, -0.1) is 0 Å². The van der Waals surface area contributed by atoms with Crippen molar-refractivity contribution >= 4 is 5.91 Å². The number of aliphatic hydroxyl groups excluding tert-OH is 1. The van der Waals surface area contributed by atoms with Gasteiger partial charge in [0.25, 0.3) is 0 Å². The van der Waals surface area contributed by atoms with Gasteiger partial charge in [-0.3, -0.25) is 4.79 Å². The van der Waals surface area contributed by atoms with E-state index in [9.17, 15) is 9.90 Å². The van der Waals surface area contributed by atoms with E-state index in [1.54, 1.807) is 0 Å². The largest absolute Gasteiger partial charge is 0.396 e. The average molecular weight is 268 g/mol. The highest BCUT2D eigenvalue weighted by Crippen LogP contribution is 2.35. The van der Waals surface area contributed by atoms with Crippen molar-refractivity contribution < 1.29 is 9.90 Å². The molecule has 0 aromatic rings. The molecule has 2 saturated heterocycles. The van der Waals surface area contributed by atoms with Gasteiger partial charge in [-0.05, 0) is 51.5 Å². The van der Waals surface area contributed by atoms with Gasteiger partial charge in [-0.2, -0.15) is 0 Å². The van der Waals surface area contributed by atoms with E-state index in [4.69, 9.17) is 0 Å². The third kappa shape index (κ3) is 3.11. The van der Waals surface area contributed by atoms with Crippen LogP contribution >= 0.6 is 0 Å². The molecule has 0 aliphatic carbocycles. The molecule has 2 fully saturated rings. The van der Waals surface area contributed by atoms with E-state index in [0.29, 0.717) is 5.91 Å². The zero-order valence-electron chi connectivity index (χ0n) is 12.2. The Hall–Kier alpha value is -0.610. The molecule has 4 heteroatoms. The molecule has 2 heterocycles. The molecule has 19 heavy (non-hydrogen) atoms. The summed E-state index contributed by atoms with van der Waals surface area (Å²) in [4.78, 5) is 15.1. The fourth-order valence-electron chi connectivity index (χ4n) is 3.63. The van der Waals surface area contributed by atoms with Crippen LogP contribution in [0.25, 0.3) is 0 Å². The van der Waals surface area contributed by atoms with Crippen LogP contribution in [-0.2, 0) is 4.79 Å². The molecule has 4 nitrogen and oxygen atoms in total. The van der Waals surface area contributed by atoms with E-state index in [2.05, 4.69) is 17.1 Å². The summed E-state index contributed by atoms with van der Waals surface area (Å²) >= 11 is 0. The zero-order chi connectivity index (χ0) is 13.7. The van der Waals surface area contributed by atoms with Crippen molar-refractivity contribution in [1.29, 1.82) is 0 Å². The van der Waals surface area contributed by atoms with Crippen LogP contribution in [0.5, 0.6) is 0 Å². The van der Waals surface area contributed by atoms with Gasteiger partial charge >= 0.3 is 0 Å². The Bertz CT molecular complexity index is 299. The summed E-state index contributed by atoms with van der Waals surface area (Å²) in [6, 6.07) is 0.261. The summed E-state index contributed by atoms with van der Waals surface area (Å²) in [5.74, 6) is 0.334. The summed E-state index contributed by atoms with van der Waals surface area (Å²) in [5, 5.41) is 12.6. The standard InChI is InChI=1S/C15H28N2O2/c1-2-15(8-5-9-16-12-15)14(19)17-10-4-3-6-13(17)7-11-18/h13,16,18H,2-12H2,1H3. The molecule has 2 aliphatic rings. The summed E-state index contributed by atoms with van der Waals surface area (Å²) in [7, 11) is 0. The molecule has 2 atom stereocenters. The van der Waals surface area contributed by atoms with Crippen molar-refractivity contribution in [2.75, 3.05) is 26.2 Å².